The van der Waals surface area contributed by atoms with Crippen LogP contribution in [0.5, 0.6) is 0 Å². The number of rotatable bonds is 6. The molecule has 0 saturated carbocycles. The van der Waals surface area contributed by atoms with Crippen LogP contribution in [-0.4, -0.2) is 22.5 Å². The number of aliphatic hydroxyl groups excluding tert-OH is 1. The Bertz CT molecular complexity index is 857. The van der Waals surface area contributed by atoms with Gasteiger partial charge in [0, 0.05) is 29.3 Å². The molecule has 2 aromatic carbocycles. The highest BCUT2D eigenvalue weighted by Gasteiger charge is 2.22. The molecular formula is C19H17BrFNO2. The first-order valence-electron chi connectivity index (χ1n) is 7.75. The number of aromatic amines is 1. The molecule has 0 aliphatic heterocycles. The summed E-state index contributed by atoms with van der Waals surface area (Å²) in [5.41, 5.74) is 3.29. The Morgan fingerprint density at radius 1 is 1.21 bits per heavy atom. The molecule has 0 radical (unpaired) electrons. The summed E-state index contributed by atoms with van der Waals surface area (Å²) in [5, 5.41) is 9.83. The van der Waals surface area contributed by atoms with Crippen LogP contribution in [0.3, 0.4) is 0 Å². The summed E-state index contributed by atoms with van der Waals surface area (Å²) in [7, 11) is 0. The molecule has 0 aliphatic carbocycles. The summed E-state index contributed by atoms with van der Waals surface area (Å²) < 4.78 is 13.1. The van der Waals surface area contributed by atoms with Crippen molar-refractivity contribution in [1.82, 2.24) is 4.98 Å². The molecule has 2 N–H and O–H groups in total. The van der Waals surface area contributed by atoms with E-state index in [9.17, 15) is 9.18 Å². The number of aliphatic hydroxyl groups is 1. The van der Waals surface area contributed by atoms with E-state index in [1.165, 1.54) is 12.1 Å². The molecule has 0 spiro atoms. The van der Waals surface area contributed by atoms with Gasteiger partial charge in [0.25, 0.3) is 0 Å². The van der Waals surface area contributed by atoms with Crippen LogP contribution in [0.2, 0.25) is 0 Å². The van der Waals surface area contributed by atoms with Crippen LogP contribution in [-0.2, 0) is 6.42 Å². The number of aromatic nitrogens is 1. The molecule has 0 amide bonds. The molecule has 0 bridgehead atoms. The predicted molar refractivity (Wildman–Crippen MR) is 96.1 cm³/mol. The average molecular weight is 390 g/mol. The largest absolute Gasteiger partial charge is 0.396 e. The lowest BCUT2D eigenvalue weighted by Gasteiger charge is -2.09. The van der Waals surface area contributed by atoms with Gasteiger partial charge in [0.05, 0.1) is 0 Å². The summed E-state index contributed by atoms with van der Waals surface area (Å²) in [6.07, 6.45) is 3.16. The second kappa shape index (κ2) is 7.28. The van der Waals surface area contributed by atoms with Gasteiger partial charge in [-0.25, -0.2) is 4.39 Å². The number of ketones is 1. The highest BCUT2D eigenvalue weighted by Crippen LogP contribution is 2.31. The first-order chi connectivity index (χ1) is 11.6. The molecule has 1 heterocycles. The zero-order valence-electron chi connectivity index (χ0n) is 12.9. The standard InChI is InChI=1S/C19H17BrFNO2/c20-18(13-4-6-14(21)7-5-13)19(24)16-11-22-17-8-3-12(2-1-9-23)10-15(16)17/h3-8,10-11,18,22-23H,1-2,9H2. The zero-order chi connectivity index (χ0) is 17.1. The van der Waals surface area contributed by atoms with Crippen LogP contribution in [0, 0.1) is 5.82 Å². The van der Waals surface area contributed by atoms with Crippen LogP contribution >= 0.6 is 15.9 Å². The number of halogens is 2. The highest BCUT2D eigenvalue weighted by molar-refractivity contribution is 9.09. The predicted octanol–water partition coefficient (Wildman–Crippen LogP) is 4.55. The van der Waals surface area contributed by atoms with Crippen molar-refractivity contribution in [2.24, 2.45) is 0 Å². The van der Waals surface area contributed by atoms with Crippen molar-refractivity contribution in [3.8, 4) is 0 Å². The summed E-state index contributed by atoms with van der Waals surface area (Å²) in [6.45, 7) is 0.144. The topological polar surface area (TPSA) is 53.1 Å². The third-order valence-corrected chi connectivity index (χ3v) is 4.97. The van der Waals surface area contributed by atoms with Gasteiger partial charge < -0.3 is 10.1 Å². The van der Waals surface area contributed by atoms with E-state index in [0.29, 0.717) is 17.5 Å². The Kier molecular flexibility index (Phi) is 5.11. The van der Waals surface area contributed by atoms with Crippen molar-refractivity contribution in [3.63, 3.8) is 0 Å². The van der Waals surface area contributed by atoms with Crippen LogP contribution in [0.25, 0.3) is 10.9 Å². The molecule has 1 aromatic heterocycles. The normalized spacial score (nSPS) is 12.5. The number of alkyl halides is 1. The summed E-state index contributed by atoms with van der Waals surface area (Å²) in [5.74, 6) is -0.404. The van der Waals surface area contributed by atoms with E-state index in [1.807, 2.05) is 18.2 Å². The minimum Gasteiger partial charge on any atom is -0.396 e. The molecule has 1 atom stereocenters. The van der Waals surface area contributed by atoms with Crippen molar-refractivity contribution in [2.75, 3.05) is 6.61 Å². The Morgan fingerprint density at radius 2 is 1.96 bits per heavy atom. The molecule has 24 heavy (non-hydrogen) atoms. The maximum atomic E-state index is 13.1. The van der Waals surface area contributed by atoms with Gasteiger partial charge in [-0.05, 0) is 48.2 Å². The highest BCUT2D eigenvalue weighted by atomic mass is 79.9. The average Bonchev–Trinajstić information content (AvgIpc) is 3.02. The van der Waals surface area contributed by atoms with E-state index in [2.05, 4.69) is 20.9 Å². The number of H-pyrrole nitrogens is 1. The monoisotopic (exact) mass is 389 g/mol. The Hall–Kier alpha value is -1.98. The van der Waals surface area contributed by atoms with Gasteiger partial charge in [0.15, 0.2) is 5.78 Å². The molecule has 0 saturated heterocycles. The number of hydrogen-bond acceptors (Lipinski definition) is 2. The summed E-state index contributed by atoms with van der Waals surface area (Å²) >= 11 is 3.42. The summed E-state index contributed by atoms with van der Waals surface area (Å²) in [4.78, 5) is 15.4. The van der Waals surface area contributed by atoms with Gasteiger partial charge in [0.2, 0.25) is 0 Å². The van der Waals surface area contributed by atoms with Crippen molar-refractivity contribution < 1.29 is 14.3 Å². The van der Waals surface area contributed by atoms with Gasteiger partial charge in [-0.3, -0.25) is 4.79 Å². The van der Waals surface area contributed by atoms with Gasteiger partial charge in [-0.2, -0.15) is 0 Å². The summed E-state index contributed by atoms with van der Waals surface area (Å²) in [6, 6.07) is 11.8. The van der Waals surface area contributed by atoms with E-state index in [0.717, 1.165) is 22.9 Å². The number of Topliss-reactive ketones (excluding diaryl/α,β-unsaturated/α-hetero) is 1. The molecular weight excluding hydrogens is 373 g/mol. The lowest BCUT2D eigenvalue weighted by molar-refractivity contribution is 0.0993. The van der Waals surface area contributed by atoms with Gasteiger partial charge in [0.1, 0.15) is 10.6 Å². The molecule has 124 valence electrons. The third-order valence-electron chi connectivity index (χ3n) is 4.03. The maximum Gasteiger partial charge on any atom is 0.183 e. The van der Waals surface area contributed by atoms with Crippen molar-refractivity contribution in [1.29, 1.82) is 0 Å². The first-order valence-corrected chi connectivity index (χ1v) is 8.66. The van der Waals surface area contributed by atoms with E-state index in [1.54, 1.807) is 18.3 Å². The number of carbonyl (C=O) groups is 1. The van der Waals surface area contributed by atoms with Crippen molar-refractivity contribution >= 4 is 32.6 Å². The fourth-order valence-corrected chi connectivity index (χ4v) is 3.28. The third kappa shape index (κ3) is 3.42. The van der Waals surface area contributed by atoms with E-state index in [4.69, 9.17) is 5.11 Å². The van der Waals surface area contributed by atoms with E-state index >= 15 is 0 Å². The molecule has 0 aliphatic rings. The number of fused-ring (bicyclic) bond motifs is 1. The van der Waals surface area contributed by atoms with Gasteiger partial charge >= 0.3 is 0 Å². The van der Waals surface area contributed by atoms with Gasteiger partial charge in [-0.1, -0.05) is 34.1 Å². The van der Waals surface area contributed by atoms with E-state index < -0.39 is 4.83 Å². The van der Waals surface area contributed by atoms with E-state index in [-0.39, 0.29) is 18.2 Å². The fraction of sp³-hybridized carbons (Fsp3) is 0.211. The number of benzene rings is 2. The van der Waals surface area contributed by atoms with Crippen LogP contribution in [0.4, 0.5) is 4.39 Å². The number of nitrogens with one attached hydrogen (secondary N) is 1. The molecule has 3 rings (SSSR count). The Balaban J connectivity index is 1.92. The quantitative estimate of drug-likeness (QED) is 0.479. The molecule has 1 unspecified atom stereocenters. The number of carbonyl (C=O) groups excluding carboxylic acids is 1. The van der Waals surface area contributed by atoms with Crippen LogP contribution in [0.1, 0.15) is 32.7 Å². The Labute approximate surface area is 147 Å². The fourth-order valence-electron chi connectivity index (χ4n) is 2.73. The minimum atomic E-state index is -0.529. The smallest absolute Gasteiger partial charge is 0.183 e. The number of aryl methyl sites for hydroxylation is 1. The minimum absolute atomic E-state index is 0.0767. The lowest BCUT2D eigenvalue weighted by atomic mass is 10.00. The van der Waals surface area contributed by atoms with Gasteiger partial charge in [-0.15, -0.1) is 0 Å². The molecule has 0 fully saturated rings. The maximum absolute atomic E-state index is 13.1. The SMILES string of the molecule is O=C(c1c[nH]c2ccc(CCCO)cc12)C(Br)c1ccc(F)cc1. The second-order valence-electron chi connectivity index (χ2n) is 5.69. The number of hydrogen-bond donors (Lipinski definition) is 2. The van der Waals surface area contributed by atoms with Crippen LogP contribution < -0.4 is 0 Å². The first kappa shape index (κ1) is 16.9. The lowest BCUT2D eigenvalue weighted by Crippen LogP contribution is -2.06. The zero-order valence-corrected chi connectivity index (χ0v) is 14.5. The second-order valence-corrected chi connectivity index (χ2v) is 6.60. The van der Waals surface area contributed by atoms with Crippen molar-refractivity contribution in [2.45, 2.75) is 17.7 Å². The molecule has 3 nitrogen and oxygen atoms in total. The molecule has 3 aromatic rings. The van der Waals surface area contributed by atoms with Crippen molar-refractivity contribution in [3.05, 3.63) is 71.2 Å². The Morgan fingerprint density at radius 3 is 2.67 bits per heavy atom. The molecule has 5 heteroatoms. The van der Waals surface area contributed by atoms with Crippen LogP contribution in [0.15, 0.2) is 48.7 Å².